The molecule has 1 aromatic rings. The lowest BCUT2D eigenvalue weighted by atomic mass is 10.2. The van der Waals surface area contributed by atoms with Crippen molar-refractivity contribution in [3.05, 3.63) is 28.8 Å². The van der Waals surface area contributed by atoms with Crippen LogP contribution in [-0.4, -0.2) is 17.6 Å². The molecule has 0 amide bonds. The fraction of sp³-hybridized carbons (Fsp3) is 0.500. The molecule has 3 nitrogen and oxygen atoms in total. The van der Waals surface area contributed by atoms with Gasteiger partial charge in [0, 0.05) is 10.7 Å². The molecule has 0 saturated carbocycles. The Labute approximate surface area is 113 Å². The van der Waals surface area contributed by atoms with Crippen LogP contribution in [0.3, 0.4) is 0 Å². The van der Waals surface area contributed by atoms with E-state index in [4.69, 9.17) is 16.3 Å². The third-order valence-electron chi connectivity index (χ3n) is 2.32. The summed E-state index contributed by atoms with van der Waals surface area (Å²) in [6.45, 7) is 9.24. The number of halogens is 1. The van der Waals surface area contributed by atoms with Crippen molar-refractivity contribution < 1.29 is 9.53 Å². The van der Waals surface area contributed by atoms with Crippen LogP contribution < -0.4 is 5.32 Å². The summed E-state index contributed by atoms with van der Waals surface area (Å²) in [5.74, 6) is -0.279. The summed E-state index contributed by atoms with van der Waals surface area (Å²) in [4.78, 5) is 11.8. The van der Waals surface area contributed by atoms with Gasteiger partial charge >= 0.3 is 5.97 Å². The minimum Gasteiger partial charge on any atom is -0.458 e. The molecule has 1 unspecified atom stereocenters. The first-order valence-corrected chi connectivity index (χ1v) is 6.32. The maximum absolute atomic E-state index is 11.8. The SMILES string of the molecule is Cc1ccc(NC(C)C(=O)OC(C)(C)C)cc1Cl. The van der Waals surface area contributed by atoms with Crippen LogP contribution in [0, 0.1) is 6.92 Å². The van der Waals surface area contributed by atoms with Gasteiger partial charge in [-0.1, -0.05) is 17.7 Å². The second-order valence-electron chi connectivity index (χ2n) is 5.36. The smallest absolute Gasteiger partial charge is 0.328 e. The molecule has 0 fully saturated rings. The van der Waals surface area contributed by atoms with Gasteiger partial charge in [-0.3, -0.25) is 0 Å². The van der Waals surface area contributed by atoms with E-state index in [1.807, 2.05) is 39.8 Å². The molecular formula is C14H20ClNO2. The molecule has 1 atom stereocenters. The first-order valence-electron chi connectivity index (χ1n) is 5.94. The van der Waals surface area contributed by atoms with Crippen molar-refractivity contribution >= 4 is 23.3 Å². The number of hydrogen-bond acceptors (Lipinski definition) is 3. The number of aryl methyl sites for hydroxylation is 1. The molecule has 0 aliphatic rings. The van der Waals surface area contributed by atoms with Crippen molar-refractivity contribution in [2.45, 2.75) is 46.3 Å². The van der Waals surface area contributed by atoms with E-state index in [9.17, 15) is 4.79 Å². The summed E-state index contributed by atoms with van der Waals surface area (Å²) in [6, 6.07) is 5.19. The van der Waals surface area contributed by atoms with Crippen molar-refractivity contribution in [3.8, 4) is 0 Å². The van der Waals surface area contributed by atoms with E-state index in [0.717, 1.165) is 11.3 Å². The normalized spacial score (nSPS) is 13.0. The van der Waals surface area contributed by atoms with Gasteiger partial charge in [0.1, 0.15) is 11.6 Å². The van der Waals surface area contributed by atoms with Crippen LogP contribution in [0.25, 0.3) is 0 Å². The van der Waals surface area contributed by atoms with Gasteiger partial charge in [0.15, 0.2) is 0 Å². The van der Waals surface area contributed by atoms with Crippen LogP contribution >= 0.6 is 11.6 Å². The highest BCUT2D eigenvalue weighted by molar-refractivity contribution is 6.31. The molecule has 0 saturated heterocycles. The van der Waals surface area contributed by atoms with Gasteiger partial charge in [-0.05, 0) is 52.3 Å². The molecule has 4 heteroatoms. The summed E-state index contributed by atoms with van der Waals surface area (Å²) in [6.07, 6.45) is 0. The predicted octanol–water partition coefficient (Wildman–Crippen LogP) is 3.79. The summed E-state index contributed by atoms with van der Waals surface area (Å²) in [7, 11) is 0. The zero-order valence-electron chi connectivity index (χ0n) is 11.5. The maximum atomic E-state index is 11.8. The van der Waals surface area contributed by atoms with Crippen LogP contribution in [0.4, 0.5) is 5.69 Å². The average Bonchev–Trinajstić information content (AvgIpc) is 2.21. The minimum absolute atomic E-state index is 0.279. The molecule has 0 radical (unpaired) electrons. The third-order valence-corrected chi connectivity index (χ3v) is 2.72. The minimum atomic E-state index is -0.474. The maximum Gasteiger partial charge on any atom is 0.328 e. The number of benzene rings is 1. The first-order chi connectivity index (χ1) is 8.19. The number of rotatable bonds is 3. The third kappa shape index (κ3) is 4.57. The summed E-state index contributed by atoms with van der Waals surface area (Å²) < 4.78 is 5.29. The van der Waals surface area contributed by atoms with Gasteiger partial charge in [0.2, 0.25) is 0 Å². The molecule has 1 N–H and O–H groups in total. The van der Waals surface area contributed by atoms with Crippen LogP contribution in [0.1, 0.15) is 33.3 Å². The summed E-state index contributed by atoms with van der Waals surface area (Å²) in [5, 5.41) is 3.75. The number of esters is 1. The lowest BCUT2D eigenvalue weighted by molar-refractivity contribution is -0.155. The quantitative estimate of drug-likeness (QED) is 0.849. The molecule has 100 valence electrons. The van der Waals surface area contributed by atoms with E-state index < -0.39 is 11.6 Å². The van der Waals surface area contributed by atoms with Crippen molar-refractivity contribution in [2.75, 3.05) is 5.32 Å². The zero-order valence-corrected chi connectivity index (χ0v) is 12.3. The second kappa shape index (κ2) is 5.61. The number of ether oxygens (including phenoxy) is 1. The van der Waals surface area contributed by atoms with Gasteiger partial charge in [0.05, 0.1) is 0 Å². The predicted molar refractivity (Wildman–Crippen MR) is 75.1 cm³/mol. The van der Waals surface area contributed by atoms with E-state index in [1.165, 1.54) is 0 Å². The largest absolute Gasteiger partial charge is 0.458 e. The number of carbonyl (C=O) groups excluding carboxylic acids is 1. The zero-order chi connectivity index (χ0) is 13.9. The van der Waals surface area contributed by atoms with Crippen LogP contribution in [0.5, 0.6) is 0 Å². The Morgan fingerprint density at radius 3 is 2.50 bits per heavy atom. The highest BCUT2D eigenvalue weighted by atomic mass is 35.5. The number of anilines is 1. The molecule has 0 aliphatic heterocycles. The molecule has 1 aromatic carbocycles. The number of nitrogens with one attached hydrogen (secondary N) is 1. The lowest BCUT2D eigenvalue weighted by Crippen LogP contribution is -2.34. The van der Waals surface area contributed by atoms with Crippen molar-refractivity contribution in [2.24, 2.45) is 0 Å². The number of hydrogen-bond donors (Lipinski definition) is 1. The molecule has 1 rings (SSSR count). The Morgan fingerprint density at radius 2 is 2.00 bits per heavy atom. The van der Waals surface area contributed by atoms with E-state index in [1.54, 1.807) is 13.0 Å². The second-order valence-corrected chi connectivity index (χ2v) is 5.77. The highest BCUT2D eigenvalue weighted by Crippen LogP contribution is 2.21. The van der Waals surface area contributed by atoms with E-state index in [-0.39, 0.29) is 5.97 Å². The molecule has 18 heavy (non-hydrogen) atoms. The Kier molecular flexibility index (Phi) is 4.63. The van der Waals surface area contributed by atoms with Gasteiger partial charge in [-0.2, -0.15) is 0 Å². The molecule has 0 heterocycles. The Hall–Kier alpha value is -1.22. The van der Waals surface area contributed by atoms with Crippen LogP contribution in [0.2, 0.25) is 5.02 Å². The highest BCUT2D eigenvalue weighted by Gasteiger charge is 2.21. The fourth-order valence-electron chi connectivity index (χ4n) is 1.38. The van der Waals surface area contributed by atoms with Gasteiger partial charge in [0.25, 0.3) is 0 Å². The van der Waals surface area contributed by atoms with Crippen molar-refractivity contribution in [1.29, 1.82) is 0 Å². The first kappa shape index (κ1) is 14.8. The molecule has 0 bridgehead atoms. The molecule has 0 aromatic heterocycles. The number of carbonyl (C=O) groups is 1. The van der Waals surface area contributed by atoms with E-state index in [2.05, 4.69) is 5.32 Å². The monoisotopic (exact) mass is 269 g/mol. The van der Waals surface area contributed by atoms with Crippen LogP contribution in [0.15, 0.2) is 18.2 Å². The Morgan fingerprint density at radius 1 is 1.39 bits per heavy atom. The Bertz CT molecular complexity index is 438. The van der Waals surface area contributed by atoms with Gasteiger partial charge in [-0.25, -0.2) is 4.79 Å². The average molecular weight is 270 g/mol. The van der Waals surface area contributed by atoms with E-state index in [0.29, 0.717) is 5.02 Å². The van der Waals surface area contributed by atoms with E-state index >= 15 is 0 Å². The van der Waals surface area contributed by atoms with Crippen LogP contribution in [-0.2, 0) is 9.53 Å². The molecule has 0 aliphatic carbocycles. The Balaban J connectivity index is 2.66. The summed E-state index contributed by atoms with van der Waals surface area (Å²) >= 11 is 6.03. The topological polar surface area (TPSA) is 38.3 Å². The lowest BCUT2D eigenvalue weighted by Gasteiger charge is -2.23. The van der Waals surface area contributed by atoms with Crippen molar-refractivity contribution in [3.63, 3.8) is 0 Å². The molecular weight excluding hydrogens is 250 g/mol. The standard InChI is InChI=1S/C14H20ClNO2/c1-9-6-7-11(8-12(9)15)16-10(2)13(17)18-14(3,4)5/h6-8,10,16H,1-5H3. The van der Waals surface area contributed by atoms with Crippen molar-refractivity contribution in [1.82, 2.24) is 0 Å². The fourth-order valence-corrected chi connectivity index (χ4v) is 1.56. The molecule has 0 spiro atoms. The van der Waals surface area contributed by atoms with Gasteiger partial charge < -0.3 is 10.1 Å². The van der Waals surface area contributed by atoms with Gasteiger partial charge in [-0.15, -0.1) is 0 Å². The summed E-state index contributed by atoms with van der Waals surface area (Å²) in [5.41, 5.74) is 1.34.